The molecule has 35 heavy (non-hydrogen) atoms. The van der Waals surface area contributed by atoms with E-state index >= 15 is 0 Å². The summed E-state index contributed by atoms with van der Waals surface area (Å²) in [5, 5.41) is 19.3. The normalized spacial score (nSPS) is 18.8. The molecule has 6 rings (SSSR count). The summed E-state index contributed by atoms with van der Waals surface area (Å²) in [6.07, 6.45) is 5.16. The van der Waals surface area contributed by atoms with Crippen LogP contribution < -0.4 is 10.1 Å². The maximum atomic E-state index is 10.7. The number of likely N-dealkylation sites (tertiary alicyclic amines) is 1. The van der Waals surface area contributed by atoms with Gasteiger partial charge in [0.25, 0.3) is 0 Å². The number of aromatic nitrogens is 5. The molecule has 3 aromatic heterocycles. The van der Waals surface area contributed by atoms with Crippen molar-refractivity contribution in [3.8, 4) is 16.9 Å². The summed E-state index contributed by atoms with van der Waals surface area (Å²) in [6.45, 7) is 1.43. The van der Waals surface area contributed by atoms with E-state index in [0.717, 1.165) is 50.9 Å². The number of fused-ring (bicyclic) bond motifs is 2. The monoisotopic (exact) mass is 487 g/mol. The standard InChI is InChI=1S/C25H25N7O2S/c1-31-6-5-21(20(33)12-31)34-22-8-15(16-10-29-32(2)11-16)7-19-24(22)25(27-13-26-19)30-17-3-4-18-23(9-17)35-14-28-18/h3-4,7-11,13-14,20-21,33H,5-6,12H2,1-2H3,(H,26,27,30)/t20-,21-/m1/s1. The summed E-state index contributed by atoms with van der Waals surface area (Å²) >= 11 is 1.60. The maximum Gasteiger partial charge on any atom is 0.145 e. The predicted molar refractivity (Wildman–Crippen MR) is 137 cm³/mol. The molecular formula is C25H25N7O2S. The fourth-order valence-corrected chi connectivity index (χ4v) is 5.23. The molecule has 0 spiro atoms. The van der Waals surface area contributed by atoms with E-state index in [1.54, 1.807) is 22.3 Å². The number of rotatable bonds is 5. The van der Waals surface area contributed by atoms with Gasteiger partial charge in [0.2, 0.25) is 0 Å². The SMILES string of the molecule is CN1CC[C@@H](Oc2cc(-c3cnn(C)c3)cc3ncnc(Nc4ccc5ncsc5c4)c23)[C@H](O)C1. The first-order chi connectivity index (χ1) is 17.0. The number of nitrogens with one attached hydrogen (secondary N) is 1. The first-order valence-corrected chi connectivity index (χ1v) is 12.3. The van der Waals surface area contributed by atoms with Crippen molar-refractivity contribution in [3.05, 3.63) is 54.6 Å². The number of aryl methyl sites for hydroxylation is 1. The van der Waals surface area contributed by atoms with Crippen molar-refractivity contribution in [1.29, 1.82) is 0 Å². The van der Waals surface area contributed by atoms with Crippen LogP contribution in [0, 0.1) is 0 Å². The molecule has 1 aliphatic heterocycles. The molecule has 9 nitrogen and oxygen atoms in total. The molecule has 178 valence electrons. The Kier molecular flexibility index (Phi) is 5.56. The fraction of sp³-hybridized carbons (Fsp3) is 0.280. The van der Waals surface area contributed by atoms with Crippen LogP contribution in [0.15, 0.2) is 54.6 Å². The van der Waals surface area contributed by atoms with Crippen molar-refractivity contribution < 1.29 is 9.84 Å². The van der Waals surface area contributed by atoms with Gasteiger partial charge in [-0.05, 0) is 49.4 Å². The molecule has 1 aliphatic rings. The Labute approximate surface area is 206 Å². The Morgan fingerprint density at radius 3 is 2.83 bits per heavy atom. The molecule has 0 amide bonds. The van der Waals surface area contributed by atoms with Gasteiger partial charge >= 0.3 is 0 Å². The molecular weight excluding hydrogens is 462 g/mol. The van der Waals surface area contributed by atoms with Gasteiger partial charge in [0.1, 0.15) is 30.1 Å². The first kappa shape index (κ1) is 21.9. The van der Waals surface area contributed by atoms with Gasteiger partial charge in [0.15, 0.2) is 0 Å². The van der Waals surface area contributed by atoms with Crippen LogP contribution in [0.1, 0.15) is 6.42 Å². The number of piperidine rings is 1. The van der Waals surface area contributed by atoms with Crippen molar-refractivity contribution in [2.45, 2.75) is 18.6 Å². The van der Waals surface area contributed by atoms with Crippen LogP contribution in [0.25, 0.3) is 32.2 Å². The van der Waals surface area contributed by atoms with Crippen molar-refractivity contribution in [3.63, 3.8) is 0 Å². The highest BCUT2D eigenvalue weighted by atomic mass is 32.1. The molecule has 1 fully saturated rings. The number of thiazole rings is 1. The van der Waals surface area contributed by atoms with Crippen LogP contribution in [0.5, 0.6) is 5.75 Å². The smallest absolute Gasteiger partial charge is 0.145 e. The Morgan fingerprint density at radius 2 is 2.00 bits per heavy atom. The molecule has 4 heterocycles. The van der Waals surface area contributed by atoms with Gasteiger partial charge < -0.3 is 20.1 Å². The summed E-state index contributed by atoms with van der Waals surface area (Å²) in [5.74, 6) is 1.28. The number of aliphatic hydroxyl groups is 1. The van der Waals surface area contributed by atoms with E-state index in [1.807, 2.05) is 56.3 Å². The highest BCUT2D eigenvalue weighted by Gasteiger charge is 2.29. The van der Waals surface area contributed by atoms with Crippen molar-refractivity contribution in [2.75, 3.05) is 25.5 Å². The second kappa shape index (κ2) is 8.88. The van der Waals surface area contributed by atoms with Gasteiger partial charge in [0, 0.05) is 37.6 Å². The lowest BCUT2D eigenvalue weighted by atomic mass is 10.0. The second-order valence-corrected chi connectivity index (χ2v) is 9.81. The average molecular weight is 488 g/mol. The number of aliphatic hydroxyl groups excluding tert-OH is 1. The van der Waals surface area contributed by atoms with E-state index in [2.05, 4.69) is 36.3 Å². The minimum atomic E-state index is -0.583. The van der Waals surface area contributed by atoms with E-state index < -0.39 is 6.10 Å². The molecule has 0 radical (unpaired) electrons. The summed E-state index contributed by atoms with van der Waals surface area (Å²) in [4.78, 5) is 15.6. The quantitative estimate of drug-likeness (QED) is 0.386. The molecule has 0 aliphatic carbocycles. The van der Waals surface area contributed by atoms with E-state index in [-0.39, 0.29) is 6.10 Å². The molecule has 5 aromatic rings. The third-order valence-electron chi connectivity index (χ3n) is 6.34. The average Bonchev–Trinajstić information content (AvgIpc) is 3.49. The Hall–Kier alpha value is -3.60. The summed E-state index contributed by atoms with van der Waals surface area (Å²) < 4.78 is 9.37. The summed E-state index contributed by atoms with van der Waals surface area (Å²) in [7, 11) is 3.90. The minimum absolute atomic E-state index is 0.319. The van der Waals surface area contributed by atoms with E-state index in [4.69, 9.17) is 4.74 Å². The van der Waals surface area contributed by atoms with Crippen LogP contribution >= 0.6 is 11.3 Å². The number of anilines is 2. The lowest BCUT2D eigenvalue weighted by Gasteiger charge is -2.34. The van der Waals surface area contributed by atoms with Gasteiger partial charge in [-0.25, -0.2) is 15.0 Å². The molecule has 10 heteroatoms. The predicted octanol–water partition coefficient (Wildman–Crippen LogP) is 3.83. The van der Waals surface area contributed by atoms with Gasteiger partial charge in [-0.3, -0.25) is 4.68 Å². The number of benzene rings is 2. The molecule has 1 saturated heterocycles. The fourth-order valence-electron chi connectivity index (χ4n) is 4.52. The Morgan fingerprint density at radius 1 is 1.09 bits per heavy atom. The zero-order valence-corrected chi connectivity index (χ0v) is 20.2. The number of likely N-dealkylation sites (N-methyl/N-ethyl adjacent to an activating group) is 1. The van der Waals surface area contributed by atoms with Crippen molar-refractivity contribution >= 4 is 44.0 Å². The van der Waals surface area contributed by atoms with Crippen LogP contribution in [0.2, 0.25) is 0 Å². The summed E-state index contributed by atoms with van der Waals surface area (Å²) in [6, 6.07) is 10.0. The lowest BCUT2D eigenvalue weighted by molar-refractivity contribution is -0.0175. The molecule has 0 unspecified atom stereocenters. The molecule has 0 saturated carbocycles. The largest absolute Gasteiger partial charge is 0.487 e. The van der Waals surface area contributed by atoms with Gasteiger partial charge in [-0.15, -0.1) is 11.3 Å². The van der Waals surface area contributed by atoms with Crippen LogP contribution in [0.4, 0.5) is 11.5 Å². The maximum absolute atomic E-state index is 10.7. The highest BCUT2D eigenvalue weighted by Crippen LogP contribution is 2.37. The zero-order valence-electron chi connectivity index (χ0n) is 19.4. The first-order valence-electron chi connectivity index (χ1n) is 11.4. The third-order valence-corrected chi connectivity index (χ3v) is 7.13. The number of β-amino-alcohol motifs (C(OH)–C–C–N with tert-alkyl or cyclic N) is 1. The van der Waals surface area contributed by atoms with E-state index in [9.17, 15) is 5.11 Å². The topological polar surface area (TPSA) is 101 Å². The number of nitrogens with zero attached hydrogens (tertiary/aromatic N) is 6. The van der Waals surface area contributed by atoms with Crippen molar-refractivity contribution in [2.24, 2.45) is 7.05 Å². The molecule has 2 atom stereocenters. The third kappa shape index (κ3) is 4.31. The zero-order chi connectivity index (χ0) is 23.9. The van der Waals surface area contributed by atoms with Crippen LogP contribution in [-0.2, 0) is 7.05 Å². The van der Waals surface area contributed by atoms with E-state index in [1.165, 1.54) is 0 Å². The number of hydrogen-bond acceptors (Lipinski definition) is 9. The molecule has 0 bridgehead atoms. The number of hydrogen-bond donors (Lipinski definition) is 2. The van der Waals surface area contributed by atoms with Gasteiger partial charge in [-0.2, -0.15) is 5.10 Å². The number of ether oxygens (including phenoxy) is 1. The second-order valence-electron chi connectivity index (χ2n) is 8.93. The molecule has 2 aromatic carbocycles. The van der Waals surface area contributed by atoms with E-state index in [0.29, 0.717) is 18.1 Å². The summed E-state index contributed by atoms with van der Waals surface area (Å²) in [5.41, 5.74) is 6.37. The highest BCUT2D eigenvalue weighted by molar-refractivity contribution is 7.16. The Bertz CT molecular complexity index is 1510. The van der Waals surface area contributed by atoms with Crippen LogP contribution in [-0.4, -0.2) is 67.1 Å². The van der Waals surface area contributed by atoms with Gasteiger partial charge in [0.05, 0.1) is 32.8 Å². The minimum Gasteiger partial charge on any atom is -0.487 e. The lowest BCUT2D eigenvalue weighted by Crippen LogP contribution is -2.47. The van der Waals surface area contributed by atoms with Crippen molar-refractivity contribution in [1.82, 2.24) is 29.6 Å². The van der Waals surface area contributed by atoms with Crippen LogP contribution in [0.3, 0.4) is 0 Å². The van der Waals surface area contributed by atoms with Gasteiger partial charge in [-0.1, -0.05) is 0 Å². The Balaban J connectivity index is 1.45. The molecule has 2 N–H and O–H groups in total.